The predicted octanol–water partition coefficient (Wildman–Crippen LogP) is 2.28. The number of nitrogens with one attached hydrogen (secondary N) is 2. The lowest BCUT2D eigenvalue weighted by atomic mass is 9.88. The minimum Gasteiger partial charge on any atom is -0.349 e. The lowest BCUT2D eigenvalue weighted by molar-refractivity contribution is -0.126. The van der Waals surface area contributed by atoms with E-state index in [0.29, 0.717) is 11.6 Å². The molecule has 1 amide bonds. The molecule has 0 aliphatic carbocycles. The summed E-state index contributed by atoms with van der Waals surface area (Å²) in [5, 5.41) is 6.32. The van der Waals surface area contributed by atoms with Crippen LogP contribution in [0.5, 0.6) is 0 Å². The van der Waals surface area contributed by atoms with Crippen molar-refractivity contribution in [2.75, 3.05) is 0 Å². The highest BCUT2D eigenvalue weighted by atomic mass is 19.2. The highest BCUT2D eigenvalue weighted by Gasteiger charge is 2.42. The summed E-state index contributed by atoms with van der Waals surface area (Å²) in [7, 11) is 0. The summed E-state index contributed by atoms with van der Waals surface area (Å²) in [6.07, 6.45) is 3.07. The largest absolute Gasteiger partial charge is 0.349 e. The van der Waals surface area contributed by atoms with Crippen molar-refractivity contribution < 1.29 is 13.6 Å². The molecule has 4 unspecified atom stereocenters. The Morgan fingerprint density at radius 1 is 1.35 bits per heavy atom. The fraction of sp³-hybridized carbons (Fsp3) is 0.533. The van der Waals surface area contributed by atoms with Gasteiger partial charge in [0.1, 0.15) is 0 Å². The van der Waals surface area contributed by atoms with Crippen molar-refractivity contribution in [3.05, 3.63) is 35.4 Å². The van der Waals surface area contributed by atoms with Crippen molar-refractivity contribution in [3.8, 4) is 0 Å². The van der Waals surface area contributed by atoms with Crippen LogP contribution in [0, 0.1) is 17.6 Å². The van der Waals surface area contributed by atoms with Crippen LogP contribution >= 0.6 is 0 Å². The van der Waals surface area contributed by atoms with Crippen molar-refractivity contribution in [1.29, 1.82) is 0 Å². The predicted molar refractivity (Wildman–Crippen MR) is 71.0 cm³/mol. The topological polar surface area (TPSA) is 41.1 Å². The van der Waals surface area contributed by atoms with Gasteiger partial charge in [0, 0.05) is 12.1 Å². The summed E-state index contributed by atoms with van der Waals surface area (Å²) in [6, 6.07) is 4.15. The summed E-state index contributed by atoms with van der Waals surface area (Å²) in [5.74, 6) is -1.75. The second kappa shape index (κ2) is 5.13. The normalized spacial score (nSPS) is 29.4. The van der Waals surface area contributed by atoms with Gasteiger partial charge in [-0.05, 0) is 43.9 Å². The Morgan fingerprint density at radius 3 is 2.75 bits per heavy atom. The number of carbonyl (C=O) groups is 1. The molecule has 2 saturated heterocycles. The molecule has 2 N–H and O–H groups in total. The first-order chi connectivity index (χ1) is 9.54. The smallest absolute Gasteiger partial charge is 0.225 e. The molecule has 2 aliphatic rings. The Bertz CT molecular complexity index is 535. The van der Waals surface area contributed by atoms with Gasteiger partial charge in [-0.2, -0.15) is 0 Å². The number of fused-ring (bicyclic) bond motifs is 2. The van der Waals surface area contributed by atoms with E-state index < -0.39 is 11.6 Å². The van der Waals surface area contributed by atoms with Gasteiger partial charge in [-0.25, -0.2) is 8.78 Å². The van der Waals surface area contributed by atoms with Gasteiger partial charge in [0.05, 0.1) is 12.0 Å². The maximum absolute atomic E-state index is 13.2. The second-order valence-electron chi connectivity index (χ2n) is 5.79. The third kappa shape index (κ3) is 2.42. The summed E-state index contributed by atoms with van der Waals surface area (Å²) in [5.41, 5.74) is 0.577. The maximum Gasteiger partial charge on any atom is 0.225 e. The molecule has 3 rings (SSSR count). The third-order valence-electron chi connectivity index (χ3n) is 4.44. The molecule has 1 aromatic rings. The van der Waals surface area contributed by atoms with Crippen molar-refractivity contribution in [3.63, 3.8) is 0 Å². The van der Waals surface area contributed by atoms with Crippen molar-refractivity contribution >= 4 is 5.91 Å². The van der Waals surface area contributed by atoms with Gasteiger partial charge in [0.25, 0.3) is 0 Å². The molecule has 1 aromatic carbocycles. The van der Waals surface area contributed by atoms with Gasteiger partial charge in [0.15, 0.2) is 11.6 Å². The van der Waals surface area contributed by atoms with Crippen LogP contribution in [-0.4, -0.2) is 18.0 Å². The number of benzene rings is 1. The van der Waals surface area contributed by atoms with Crippen molar-refractivity contribution in [2.45, 2.75) is 44.3 Å². The molecule has 2 heterocycles. The zero-order valence-electron chi connectivity index (χ0n) is 11.3. The molecule has 0 saturated carbocycles. The van der Waals surface area contributed by atoms with Crippen molar-refractivity contribution in [1.82, 2.24) is 10.6 Å². The number of amides is 1. The monoisotopic (exact) mass is 280 g/mol. The molecule has 2 aliphatic heterocycles. The molecule has 2 bridgehead atoms. The van der Waals surface area contributed by atoms with E-state index in [1.165, 1.54) is 6.07 Å². The Balaban J connectivity index is 1.65. The quantitative estimate of drug-likeness (QED) is 0.892. The molecule has 0 spiro atoms. The first-order valence-electron chi connectivity index (χ1n) is 7.06. The molecule has 20 heavy (non-hydrogen) atoms. The van der Waals surface area contributed by atoms with E-state index in [1.54, 1.807) is 6.92 Å². The van der Waals surface area contributed by atoms with Crippen molar-refractivity contribution in [2.24, 2.45) is 5.92 Å². The first-order valence-corrected chi connectivity index (χ1v) is 7.06. The Morgan fingerprint density at radius 2 is 2.15 bits per heavy atom. The lowest BCUT2D eigenvalue weighted by Crippen LogP contribution is -2.38. The molecule has 4 atom stereocenters. The molecule has 3 nitrogen and oxygen atoms in total. The van der Waals surface area contributed by atoms with E-state index in [0.717, 1.165) is 31.4 Å². The molecule has 0 radical (unpaired) electrons. The number of halogens is 2. The Hall–Kier alpha value is -1.49. The van der Waals surface area contributed by atoms with Gasteiger partial charge in [-0.1, -0.05) is 6.07 Å². The van der Waals surface area contributed by atoms with Crippen LogP contribution in [0.3, 0.4) is 0 Å². The van der Waals surface area contributed by atoms with E-state index in [2.05, 4.69) is 10.6 Å². The van der Waals surface area contributed by atoms with E-state index in [9.17, 15) is 13.6 Å². The minimum absolute atomic E-state index is 0.00138. The Kier molecular flexibility index (Phi) is 3.46. The number of hydrogen-bond acceptors (Lipinski definition) is 2. The Labute approximate surface area is 116 Å². The van der Waals surface area contributed by atoms with Crippen LogP contribution in [0.2, 0.25) is 0 Å². The first kappa shape index (κ1) is 13.5. The third-order valence-corrected chi connectivity index (χ3v) is 4.44. The number of hydrogen-bond donors (Lipinski definition) is 2. The summed E-state index contributed by atoms with van der Waals surface area (Å²) in [6.45, 7) is 1.78. The molecule has 5 heteroatoms. The van der Waals surface area contributed by atoms with Crippen LogP contribution in [0.25, 0.3) is 0 Å². The number of carbonyl (C=O) groups excluding carboxylic acids is 1. The van der Waals surface area contributed by atoms with Gasteiger partial charge >= 0.3 is 0 Å². The van der Waals surface area contributed by atoms with Gasteiger partial charge in [-0.3, -0.25) is 4.79 Å². The molecular weight excluding hydrogens is 262 g/mol. The summed E-state index contributed by atoms with van der Waals surface area (Å²) in [4.78, 5) is 12.3. The van der Waals surface area contributed by atoms with Gasteiger partial charge in [0.2, 0.25) is 5.91 Å². The fourth-order valence-electron chi connectivity index (χ4n) is 3.30. The number of rotatable bonds is 3. The van der Waals surface area contributed by atoms with Crippen LogP contribution in [-0.2, 0) is 4.79 Å². The summed E-state index contributed by atoms with van der Waals surface area (Å²) < 4.78 is 26.1. The highest BCUT2D eigenvalue weighted by Crippen LogP contribution is 2.33. The molecule has 0 aromatic heterocycles. The lowest BCUT2D eigenvalue weighted by Gasteiger charge is -2.22. The second-order valence-corrected chi connectivity index (χ2v) is 5.79. The van der Waals surface area contributed by atoms with E-state index in [1.807, 2.05) is 0 Å². The zero-order chi connectivity index (χ0) is 14.3. The molecular formula is C15H18F2N2O. The average Bonchev–Trinajstić information content (AvgIpc) is 3.04. The molecule has 2 fully saturated rings. The van der Waals surface area contributed by atoms with Crippen LogP contribution < -0.4 is 10.6 Å². The minimum atomic E-state index is -0.884. The average molecular weight is 280 g/mol. The maximum atomic E-state index is 13.2. The summed E-state index contributed by atoms with van der Waals surface area (Å²) >= 11 is 0. The fourth-order valence-corrected chi connectivity index (χ4v) is 3.30. The van der Waals surface area contributed by atoms with E-state index >= 15 is 0 Å². The molecule has 108 valence electrons. The van der Waals surface area contributed by atoms with Crippen LogP contribution in [0.15, 0.2) is 18.2 Å². The van der Waals surface area contributed by atoms with Crippen LogP contribution in [0.4, 0.5) is 8.78 Å². The zero-order valence-corrected chi connectivity index (χ0v) is 11.3. The van der Waals surface area contributed by atoms with E-state index in [4.69, 9.17) is 0 Å². The highest BCUT2D eigenvalue weighted by molar-refractivity contribution is 5.80. The standard InChI is InChI=1S/C15H18F2N2O/c1-8(9-2-4-12(16)13(17)6-9)18-15(20)11-7-10-3-5-14(11)19-10/h2,4,6,8,10-11,14,19H,3,5,7H2,1H3,(H,18,20). The SMILES string of the molecule is CC(NC(=O)C1CC2CCC1N2)c1ccc(F)c(F)c1. The van der Waals surface area contributed by atoms with E-state index in [-0.39, 0.29) is 23.9 Å². The van der Waals surface area contributed by atoms with Gasteiger partial charge in [-0.15, -0.1) is 0 Å². The van der Waals surface area contributed by atoms with Gasteiger partial charge < -0.3 is 10.6 Å². The van der Waals surface area contributed by atoms with Crippen LogP contribution in [0.1, 0.15) is 37.8 Å².